The molecule has 0 aromatic rings. The van der Waals surface area contributed by atoms with Crippen LogP contribution in [0, 0.1) is 27.7 Å². The van der Waals surface area contributed by atoms with Gasteiger partial charge in [-0.3, -0.25) is 0 Å². The van der Waals surface area contributed by atoms with Gasteiger partial charge in [-0.05, 0) is 26.7 Å². The fourth-order valence-electron chi connectivity index (χ4n) is 1.15. The van der Waals surface area contributed by atoms with E-state index in [2.05, 4.69) is 27.7 Å². The zero-order valence-electron chi connectivity index (χ0n) is 9.50. The fraction of sp³-hybridized carbons (Fsp3) is 0.667. The smallest absolute Gasteiger partial charge is 0.0914 e. The standard InChI is InChI=1S/C12H22O3/c1-5-12(6-2,15-8-4)11-14-10-9-13-7-3/h1-11H2. The van der Waals surface area contributed by atoms with Crippen LogP contribution in [0.15, 0.2) is 0 Å². The van der Waals surface area contributed by atoms with Gasteiger partial charge in [0, 0.05) is 13.2 Å². The molecule has 0 saturated carbocycles. The second-order valence-corrected chi connectivity index (χ2v) is 3.20. The van der Waals surface area contributed by atoms with Gasteiger partial charge in [0.05, 0.1) is 25.4 Å². The van der Waals surface area contributed by atoms with E-state index in [9.17, 15) is 0 Å². The molecule has 4 radical (unpaired) electrons. The lowest BCUT2D eigenvalue weighted by Crippen LogP contribution is -2.37. The van der Waals surface area contributed by atoms with Gasteiger partial charge in [-0.15, -0.1) is 0 Å². The Morgan fingerprint density at radius 1 is 0.800 bits per heavy atom. The third-order valence-electron chi connectivity index (χ3n) is 2.20. The zero-order chi connectivity index (χ0) is 11.6. The molecule has 0 aromatic carbocycles. The van der Waals surface area contributed by atoms with Crippen LogP contribution in [0.1, 0.15) is 12.8 Å². The molecule has 0 fully saturated rings. The molecule has 0 aliphatic rings. The fourth-order valence-corrected chi connectivity index (χ4v) is 1.15. The lowest BCUT2D eigenvalue weighted by atomic mass is 9.98. The SMILES string of the molecule is [CH2]COCCOCC(C[CH2])(C[CH2])OC[CH2]. The molecule has 0 aliphatic carbocycles. The quantitative estimate of drug-likeness (QED) is 0.520. The molecule has 0 saturated heterocycles. The Hall–Kier alpha value is -0.120. The highest BCUT2D eigenvalue weighted by Gasteiger charge is 2.26. The maximum absolute atomic E-state index is 5.52. The van der Waals surface area contributed by atoms with Crippen LogP contribution >= 0.6 is 0 Å². The third kappa shape index (κ3) is 6.13. The van der Waals surface area contributed by atoms with Crippen LogP contribution < -0.4 is 0 Å². The van der Waals surface area contributed by atoms with E-state index in [1.165, 1.54) is 0 Å². The van der Waals surface area contributed by atoms with E-state index in [4.69, 9.17) is 14.2 Å². The topological polar surface area (TPSA) is 27.7 Å². The summed E-state index contributed by atoms with van der Waals surface area (Å²) in [6.45, 7) is 17.4. The van der Waals surface area contributed by atoms with Crippen molar-refractivity contribution in [3.05, 3.63) is 27.7 Å². The van der Waals surface area contributed by atoms with Gasteiger partial charge in [0.1, 0.15) is 0 Å². The summed E-state index contributed by atoms with van der Waals surface area (Å²) in [6, 6.07) is 0. The highest BCUT2D eigenvalue weighted by Crippen LogP contribution is 2.20. The minimum absolute atomic E-state index is 0.397. The Morgan fingerprint density at radius 3 is 1.87 bits per heavy atom. The number of hydrogen-bond acceptors (Lipinski definition) is 3. The van der Waals surface area contributed by atoms with E-state index in [0.717, 1.165) is 0 Å². The molecule has 0 spiro atoms. The van der Waals surface area contributed by atoms with Crippen LogP contribution in [0.3, 0.4) is 0 Å². The normalized spacial score (nSPS) is 12.0. The number of ether oxygens (including phenoxy) is 3. The van der Waals surface area contributed by atoms with Crippen molar-refractivity contribution >= 4 is 0 Å². The van der Waals surface area contributed by atoms with Gasteiger partial charge in [-0.25, -0.2) is 0 Å². The molecular formula is C12H22O3. The Kier molecular flexibility index (Phi) is 9.06. The van der Waals surface area contributed by atoms with Crippen LogP contribution in [0.5, 0.6) is 0 Å². The second kappa shape index (κ2) is 9.13. The summed E-state index contributed by atoms with van der Waals surface area (Å²) in [6.07, 6.45) is 1.25. The van der Waals surface area contributed by atoms with Gasteiger partial charge >= 0.3 is 0 Å². The van der Waals surface area contributed by atoms with Gasteiger partial charge < -0.3 is 14.2 Å². The maximum Gasteiger partial charge on any atom is 0.0914 e. The van der Waals surface area contributed by atoms with Gasteiger partial charge in [-0.1, -0.05) is 13.8 Å². The lowest BCUT2D eigenvalue weighted by Gasteiger charge is -2.31. The van der Waals surface area contributed by atoms with E-state index in [1.54, 1.807) is 0 Å². The molecular weight excluding hydrogens is 192 g/mol. The van der Waals surface area contributed by atoms with Crippen molar-refractivity contribution in [2.45, 2.75) is 18.4 Å². The molecule has 0 aliphatic heterocycles. The molecule has 0 aromatic heterocycles. The van der Waals surface area contributed by atoms with Crippen molar-refractivity contribution in [3.8, 4) is 0 Å². The summed E-state index contributed by atoms with van der Waals surface area (Å²) in [5.74, 6) is 0. The van der Waals surface area contributed by atoms with Crippen LogP contribution in [-0.2, 0) is 14.2 Å². The summed E-state index contributed by atoms with van der Waals surface area (Å²) in [7, 11) is 0. The zero-order valence-corrected chi connectivity index (χ0v) is 9.50. The Labute approximate surface area is 94.1 Å². The van der Waals surface area contributed by atoms with Crippen LogP contribution in [0.2, 0.25) is 0 Å². The predicted octanol–water partition coefficient (Wildman–Crippen LogP) is 1.89. The molecule has 0 heterocycles. The molecule has 0 bridgehead atoms. The van der Waals surface area contributed by atoms with E-state index in [1.807, 2.05) is 0 Å². The van der Waals surface area contributed by atoms with E-state index >= 15 is 0 Å². The number of rotatable bonds is 10. The highest BCUT2D eigenvalue weighted by atomic mass is 16.6. The van der Waals surface area contributed by atoms with Crippen molar-refractivity contribution in [3.63, 3.8) is 0 Å². The molecule has 3 heteroatoms. The lowest BCUT2D eigenvalue weighted by molar-refractivity contribution is -0.0923. The molecule has 0 N–H and O–H groups in total. The average molecular weight is 214 g/mol. The van der Waals surface area contributed by atoms with Crippen LogP contribution in [0.4, 0.5) is 0 Å². The molecule has 0 unspecified atom stereocenters. The largest absolute Gasteiger partial charge is 0.379 e. The summed E-state index contributed by atoms with van der Waals surface area (Å²) in [5, 5.41) is 0. The Morgan fingerprint density at radius 2 is 1.40 bits per heavy atom. The molecule has 0 amide bonds. The minimum atomic E-state index is -0.397. The summed E-state index contributed by atoms with van der Waals surface area (Å²) < 4.78 is 16.0. The first-order valence-corrected chi connectivity index (χ1v) is 5.21. The second-order valence-electron chi connectivity index (χ2n) is 3.20. The first-order chi connectivity index (χ1) is 7.24. The minimum Gasteiger partial charge on any atom is -0.379 e. The van der Waals surface area contributed by atoms with Crippen molar-refractivity contribution in [1.29, 1.82) is 0 Å². The summed E-state index contributed by atoms with van der Waals surface area (Å²) in [4.78, 5) is 0. The molecule has 15 heavy (non-hydrogen) atoms. The molecule has 0 atom stereocenters. The number of hydrogen-bond donors (Lipinski definition) is 0. The maximum atomic E-state index is 5.52. The van der Waals surface area contributed by atoms with Crippen molar-refractivity contribution < 1.29 is 14.2 Å². The van der Waals surface area contributed by atoms with E-state index < -0.39 is 5.60 Å². The van der Waals surface area contributed by atoms with Gasteiger partial charge in [-0.2, -0.15) is 0 Å². The predicted molar refractivity (Wildman–Crippen MR) is 61.0 cm³/mol. The van der Waals surface area contributed by atoms with Gasteiger partial charge in [0.25, 0.3) is 0 Å². The molecule has 3 nitrogen and oxygen atoms in total. The van der Waals surface area contributed by atoms with E-state index in [0.29, 0.717) is 45.9 Å². The van der Waals surface area contributed by atoms with Crippen molar-refractivity contribution in [1.82, 2.24) is 0 Å². The van der Waals surface area contributed by atoms with E-state index in [-0.39, 0.29) is 0 Å². The highest BCUT2D eigenvalue weighted by molar-refractivity contribution is 4.83. The molecule has 88 valence electrons. The summed E-state index contributed by atoms with van der Waals surface area (Å²) >= 11 is 0. The van der Waals surface area contributed by atoms with Crippen LogP contribution in [0.25, 0.3) is 0 Å². The van der Waals surface area contributed by atoms with Gasteiger partial charge in [0.2, 0.25) is 0 Å². The Bertz CT molecular complexity index is 133. The summed E-state index contributed by atoms with van der Waals surface area (Å²) in [5.41, 5.74) is -0.397. The Balaban J connectivity index is 3.74. The first kappa shape index (κ1) is 14.9. The first-order valence-electron chi connectivity index (χ1n) is 5.21. The van der Waals surface area contributed by atoms with Crippen LogP contribution in [-0.4, -0.2) is 38.6 Å². The van der Waals surface area contributed by atoms with Crippen molar-refractivity contribution in [2.75, 3.05) is 33.0 Å². The third-order valence-corrected chi connectivity index (χ3v) is 2.20. The molecule has 0 rings (SSSR count). The average Bonchev–Trinajstić information content (AvgIpc) is 2.27. The van der Waals surface area contributed by atoms with Gasteiger partial charge in [0.15, 0.2) is 0 Å². The monoisotopic (exact) mass is 214 g/mol. The van der Waals surface area contributed by atoms with Crippen molar-refractivity contribution in [2.24, 2.45) is 0 Å².